The van der Waals surface area contributed by atoms with E-state index in [-0.39, 0.29) is 42.6 Å². The van der Waals surface area contributed by atoms with Gasteiger partial charge in [-0.25, -0.2) is 9.59 Å². The molecule has 32 heavy (non-hydrogen) atoms. The highest BCUT2D eigenvalue weighted by molar-refractivity contribution is 5.77. The molecule has 0 aliphatic heterocycles. The summed E-state index contributed by atoms with van der Waals surface area (Å²) >= 11 is 0. The number of oxazole rings is 1. The number of aromatic nitrogens is 1. The summed E-state index contributed by atoms with van der Waals surface area (Å²) in [5, 5.41) is 0. The monoisotopic (exact) mass is 443 g/mol. The van der Waals surface area contributed by atoms with Crippen LogP contribution in [0.3, 0.4) is 0 Å². The Kier molecular flexibility index (Phi) is 6.93. The molecule has 0 radical (unpaired) electrons. The number of esters is 3. The normalized spacial score (nSPS) is 10.6. The summed E-state index contributed by atoms with van der Waals surface area (Å²) in [7, 11) is 0. The summed E-state index contributed by atoms with van der Waals surface area (Å²) in [5.41, 5.74) is 1.35. The van der Waals surface area contributed by atoms with E-state index in [1.54, 1.807) is 25.1 Å². The Bertz CT molecular complexity index is 1220. The molecule has 0 aliphatic rings. The van der Waals surface area contributed by atoms with E-state index in [1.807, 2.05) is 0 Å². The average molecular weight is 443 g/mol. The second kappa shape index (κ2) is 9.82. The van der Waals surface area contributed by atoms with Crippen molar-refractivity contribution in [3.8, 4) is 17.2 Å². The van der Waals surface area contributed by atoms with Crippen molar-refractivity contribution in [1.82, 2.24) is 4.57 Å². The molecule has 1 aromatic heterocycles. The Morgan fingerprint density at radius 1 is 0.969 bits per heavy atom. The third kappa shape index (κ3) is 5.54. The van der Waals surface area contributed by atoms with Crippen LogP contribution in [-0.2, 0) is 25.7 Å². The molecule has 0 aliphatic carbocycles. The van der Waals surface area contributed by atoms with Gasteiger partial charge in [0.1, 0.15) is 5.75 Å². The lowest BCUT2D eigenvalue weighted by molar-refractivity contribution is -0.145. The van der Waals surface area contributed by atoms with E-state index >= 15 is 0 Å². The largest absolute Gasteiger partial charge is 0.478 e. The zero-order chi connectivity index (χ0) is 23.3. The molecule has 0 saturated carbocycles. The minimum absolute atomic E-state index is 0.0947. The lowest BCUT2D eigenvalue weighted by atomic mass is 10.2. The van der Waals surface area contributed by atoms with Gasteiger partial charge in [0, 0.05) is 19.9 Å². The number of rotatable bonds is 8. The SMILES string of the molecule is CCOC(=O)COc1ccc(Cn2c(=O)oc3cc(OC(C)=O)ccc32)cc1OC(C)=O. The third-order valence-corrected chi connectivity index (χ3v) is 4.15. The highest BCUT2D eigenvalue weighted by Gasteiger charge is 2.15. The standard InChI is InChI=1S/C22H21NO9/c1-4-28-21(26)12-29-18-8-5-15(9-20(18)31-14(3)25)11-23-17-7-6-16(30-13(2)24)10-19(17)32-22(23)27/h5-10H,4,11-12H2,1-3H3. The van der Waals surface area contributed by atoms with Crippen LogP contribution in [0.4, 0.5) is 0 Å². The van der Waals surface area contributed by atoms with Gasteiger partial charge in [-0.15, -0.1) is 0 Å². The number of fused-ring (bicyclic) bond motifs is 1. The Morgan fingerprint density at radius 3 is 2.41 bits per heavy atom. The van der Waals surface area contributed by atoms with Crippen molar-refractivity contribution in [2.75, 3.05) is 13.2 Å². The summed E-state index contributed by atoms with van der Waals surface area (Å²) in [4.78, 5) is 46.5. The zero-order valence-corrected chi connectivity index (χ0v) is 17.7. The van der Waals surface area contributed by atoms with Crippen molar-refractivity contribution in [3.63, 3.8) is 0 Å². The molecule has 1 heterocycles. The van der Waals surface area contributed by atoms with Gasteiger partial charge >= 0.3 is 23.7 Å². The topological polar surface area (TPSA) is 123 Å². The number of benzene rings is 2. The Labute approximate surface area is 182 Å². The zero-order valence-electron chi connectivity index (χ0n) is 17.7. The Morgan fingerprint density at radius 2 is 1.72 bits per heavy atom. The third-order valence-electron chi connectivity index (χ3n) is 4.15. The van der Waals surface area contributed by atoms with Crippen molar-refractivity contribution in [2.45, 2.75) is 27.3 Å². The maximum atomic E-state index is 12.4. The van der Waals surface area contributed by atoms with E-state index in [4.69, 9.17) is 23.4 Å². The van der Waals surface area contributed by atoms with Gasteiger partial charge in [0.2, 0.25) is 0 Å². The minimum Gasteiger partial charge on any atom is -0.478 e. The highest BCUT2D eigenvalue weighted by atomic mass is 16.6. The molecule has 3 aromatic rings. The second-order valence-electron chi connectivity index (χ2n) is 6.65. The maximum absolute atomic E-state index is 12.4. The molecule has 0 fully saturated rings. The number of nitrogens with zero attached hydrogens (tertiary/aromatic N) is 1. The molecule has 0 saturated heterocycles. The second-order valence-corrected chi connectivity index (χ2v) is 6.65. The average Bonchev–Trinajstić information content (AvgIpc) is 3.01. The number of carbonyl (C=O) groups excluding carboxylic acids is 3. The van der Waals surface area contributed by atoms with Crippen LogP contribution in [0.25, 0.3) is 11.1 Å². The fourth-order valence-corrected chi connectivity index (χ4v) is 2.95. The Hall–Kier alpha value is -4.08. The lowest BCUT2D eigenvalue weighted by Crippen LogP contribution is -2.16. The molecule has 2 aromatic carbocycles. The van der Waals surface area contributed by atoms with Crippen LogP contribution in [0.2, 0.25) is 0 Å². The number of hydrogen-bond donors (Lipinski definition) is 0. The number of carbonyl (C=O) groups is 3. The van der Waals surface area contributed by atoms with Crippen LogP contribution in [0.5, 0.6) is 17.2 Å². The van der Waals surface area contributed by atoms with Gasteiger partial charge in [-0.2, -0.15) is 0 Å². The van der Waals surface area contributed by atoms with E-state index in [1.165, 1.54) is 36.6 Å². The quantitative estimate of drug-likeness (QED) is 0.381. The first kappa shape index (κ1) is 22.6. The van der Waals surface area contributed by atoms with Crippen molar-refractivity contribution in [2.24, 2.45) is 0 Å². The van der Waals surface area contributed by atoms with Crippen LogP contribution < -0.4 is 20.0 Å². The smallest absolute Gasteiger partial charge is 0.420 e. The number of ether oxygens (including phenoxy) is 4. The first-order valence-electron chi connectivity index (χ1n) is 9.68. The van der Waals surface area contributed by atoms with Gasteiger partial charge in [0.25, 0.3) is 0 Å². The van der Waals surface area contributed by atoms with Gasteiger partial charge < -0.3 is 23.4 Å². The molecule has 0 atom stereocenters. The van der Waals surface area contributed by atoms with E-state index in [0.717, 1.165) is 0 Å². The molecule has 0 N–H and O–H groups in total. The molecule has 3 rings (SSSR count). The van der Waals surface area contributed by atoms with Crippen molar-refractivity contribution in [3.05, 3.63) is 52.5 Å². The van der Waals surface area contributed by atoms with Crippen LogP contribution in [-0.4, -0.2) is 35.7 Å². The molecule has 10 heteroatoms. The summed E-state index contributed by atoms with van der Waals surface area (Å²) in [6.45, 7) is 4.15. The van der Waals surface area contributed by atoms with Crippen LogP contribution in [0, 0.1) is 0 Å². The van der Waals surface area contributed by atoms with Gasteiger partial charge in [0.15, 0.2) is 23.7 Å². The molecule has 0 spiro atoms. The highest BCUT2D eigenvalue weighted by Crippen LogP contribution is 2.29. The lowest BCUT2D eigenvalue weighted by Gasteiger charge is -2.12. The molecule has 10 nitrogen and oxygen atoms in total. The molecular formula is C22H21NO9. The van der Waals surface area contributed by atoms with E-state index in [0.29, 0.717) is 11.1 Å². The Balaban J connectivity index is 1.88. The maximum Gasteiger partial charge on any atom is 0.420 e. The van der Waals surface area contributed by atoms with Crippen molar-refractivity contribution in [1.29, 1.82) is 0 Å². The van der Waals surface area contributed by atoms with E-state index < -0.39 is 23.7 Å². The molecule has 0 unspecified atom stereocenters. The number of hydrogen-bond acceptors (Lipinski definition) is 9. The summed E-state index contributed by atoms with van der Waals surface area (Å²) in [5.74, 6) is -1.72. The van der Waals surface area contributed by atoms with E-state index in [9.17, 15) is 19.2 Å². The van der Waals surface area contributed by atoms with Crippen molar-refractivity contribution >= 4 is 29.0 Å². The molecule has 168 valence electrons. The van der Waals surface area contributed by atoms with Gasteiger partial charge in [-0.3, -0.25) is 14.2 Å². The summed E-state index contributed by atoms with van der Waals surface area (Å²) < 4.78 is 27.0. The molecule has 0 amide bonds. The fraction of sp³-hybridized carbons (Fsp3) is 0.273. The van der Waals surface area contributed by atoms with Crippen LogP contribution in [0.1, 0.15) is 26.3 Å². The van der Waals surface area contributed by atoms with Gasteiger partial charge in [-0.05, 0) is 36.8 Å². The van der Waals surface area contributed by atoms with E-state index in [2.05, 4.69) is 0 Å². The van der Waals surface area contributed by atoms with Gasteiger partial charge in [-0.1, -0.05) is 6.07 Å². The minimum atomic E-state index is -0.614. The van der Waals surface area contributed by atoms with Crippen LogP contribution in [0.15, 0.2) is 45.6 Å². The predicted molar refractivity (Wildman–Crippen MR) is 111 cm³/mol. The van der Waals surface area contributed by atoms with Crippen molar-refractivity contribution < 1.29 is 37.7 Å². The molecule has 0 bridgehead atoms. The first-order chi connectivity index (χ1) is 15.3. The predicted octanol–water partition coefficient (Wildman–Crippen LogP) is 2.44. The van der Waals surface area contributed by atoms with Gasteiger partial charge in [0.05, 0.1) is 18.7 Å². The summed E-state index contributed by atoms with van der Waals surface area (Å²) in [6.07, 6.45) is 0. The molecular weight excluding hydrogens is 422 g/mol. The summed E-state index contributed by atoms with van der Waals surface area (Å²) in [6, 6.07) is 9.31. The fourth-order valence-electron chi connectivity index (χ4n) is 2.95. The first-order valence-corrected chi connectivity index (χ1v) is 9.68. The van der Waals surface area contributed by atoms with Crippen LogP contribution >= 0.6 is 0 Å².